The van der Waals surface area contributed by atoms with E-state index in [0.717, 1.165) is 91.3 Å². The zero-order chi connectivity index (χ0) is 37.5. The van der Waals surface area contributed by atoms with Gasteiger partial charge in [-0.05, 0) is 121 Å². The number of hydrogen-bond acceptors (Lipinski definition) is 8. The van der Waals surface area contributed by atoms with Crippen LogP contribution in [0.4, 0.5) is 0 Å². The second kappa shape index (κ2) is 18.0. The zero-order valence-electron chi connectivity index (χ0n) is 31.3. The van der Waals surface area contributed by atoms with Gasteiger partial charge in [0.25, 0.3) is 0 Å². The highest BCUT2D eigenvalue weighted by Gasteiger charge is 2.13. The molecule has 4 heterocycles. The van der Waals surface area contributed by atoms with Crippen LogP contribution in [0.2, 0.25) is 0 Å². The van der Waals surface area contributed by atoms with E-state index in [1.165, 1.54) is 44.5 Å². The highest BCUT2D eigenvalue weighted by atomic mass is 32.2. The van der Waals surface area contributed by atoms with Gasteiger partial charge in [-0.3, -0.25) is 0 Å². The van der Waals surface area contributed by atoms with Crippen LogP contribution in [-0.2, 0) is 72.5 Å². The molecule has 0 aliphatic carbocycles. The third-order valence-corrected chi connectivity index (χ3v) is 14.3. The Morgan fingerprint density at radius 2 is 0.536 bits per heavy atom. The summed E-state index contributed by atoms with van der Waals surface area (Å²) >= 11 is 7.77. The molecule has 0 amide bonds. The summed E-state index contributed by atoms with van der Waals surface area (Å²) in [4.78, 5) is 0. The average molecular weight is 813 g/mol. The van der Waals surface area contributed by atoms with Crippen molar-refractivity contribution < 1.29 is 18.9 Å². The molecule has 4 aliphatic rings. The maximum absolute atomic E-state index is 6.62. The SMILES string of the molecule is c1cc2cc(c1)COc1cc3cc(c1)CSCc1cc4cc(c1)OCc1ccccc1COc1cc(cc(c1)CSC3)CSCc1cc(cc(c1)OC2)CSC4. The number of fused-ring (bicyclic) bond motifs is 12. The van der Waals surface area contributed by atoms with E-state index in [2.05, 4.69) is 121 Å². The van der Waals surface area contributed by atoms with Crippen molar-refractivity contribution in [1.29, 1.82) is 0 Å². The Hall–Kier alpha value is -4.08. The van der Waals surface area contributed by atoms with Gasteiger partial charge in [0.15, 0.2) is 0 Å². The van der Waals surface area contributed by atoms with Gasteiger partial charge < -0.3 is 18.9 Å². The molecule has 0 atom stereocenters. The molecule has 6 aromatic carbocycles. The maximum Gasteiger partial charge on any atom is 0.120 e. The molecular formula is C48H44O4S4. The monoisotopic (exact) mass is 812 g/mol. The van der Waals surface area contributed by atoms with Crippen molar-refractivity contribution >= 4 is 47.0 Å². The van der Waals surface area contributed by atoms with Crippen LogP contribution in [0.15, 0.2) is 121 Å². The predicted molar refractivity (Wildman–Crippen MR) is 236 cm³/mol. The van der Waals surface area contributed by atoms with Crippen LogP contribution in [0, 0.1) is 0 Å². The van der Waals surface area contributed by atoms with Gasteiger partial charge in [-0.2, -0.15) is 47.0 Å². The van der Waals surface area contributed by atoms with Crippen LogP contribution in [-0.4, -0.2) is 0 Å². The molecule has 0 radical (unpaired) electrons. The Morgan fingerprint density at radius 3 is 0.839 bits per heavy atom. The Bertz CT molecular complexity index is 2070. The number of benzene rings is 6. The van der Waals surface area contributed by atoms with E-state index in [9.17, 15) is 0 Å². The first-order valence-corrected chi connectivity index (χ1v) is 23.7. The van der Waals surface area contributed by atoms with Gasteiger partial charge in [0.05, 0.1) is 0 Å². The van der Waals surface area contributed by atoms with Crippen molar-refractivity contribution in [3.05, 3.63) is 188 Å². The molecule has 284 valence electrons. The molecule has 0 spiro atoms. The largest absolute Gasteiger partial charge is 0.489 e. The predicted octanol–water partition coefficient (Wildman–Crippen LogP) is 12.7. The van der Waals surface area contributed by atoms with E-state index in [1.807, 2.05) is 47.0 Å². The fourth-order valence-corrected chi connectivity index (χ4v) is 11.0. The molecule has 8 heteroatoms. The average Bonchev–Trinajstić information content (AvgIpc) is 3.20. The molecule has 4 nitrogen and oxygen atoms in total. The molecule has 0 aromatic heterocycles. The molecule has 0 saturated carbocycles. The zero-order valence-corrected chi connectivity index (χ0v) is 34.6. The van der Waals surface area contributed by atoms with Crippen molar-refractivity contribution in [2.24, 2.45) is 0 Å². The standard InChI is InChI=1S/C48H44O4S4/c1-2-7-44-24-52-48-19-41-12-42(20-48)32-56-28-38-10-36-14-46(16-38)50-22-34-5-3-4-33(8-34)21-49-45-13-35(9-37(15-45)27-55-31-41)25-53-29-39-11-40(30-54-26-36)18-47(17-39)51-23-43(44)6-1/h1-20H,21-32H2. The summed E-state index contributed by atoms with van der Waals surface area (Å²) in [6.07, 6.45) is 0. The van der Waals surface area contributed by atoms with Crippen molar-refractivity contribution in [1.82, 2.24) is 0 Å². The first-order chi connectivity index (χ1) is 27.6. The lowest BCUT2D eigenvalue weighted by Gasteiger charge is -2.15. The van der Waals surface area contributed by atoms with Crippen LogP contribution in [0.1, 0.15) is 66.8 Å². The van der Waals surface area contributed by atoms with Crippen molar-refractivity contribution in [3.63, 3.8) is 0 Å². The van der Waals surface area contributed by atoms with Crippen molar-refractivity contribution in [3.8, 4) is 23.0 Å². The highest BCUT2D eigenvalue weighted by Crippen LogP contribution is 2.33. The number of rotatable bonds is 0. The molecular weight excluding hydrogens is 769 g/mol. The first-order valence-electron chi connectivity index (χ1n) is 19.1. The third-order valence-electron chi connectivity index (χ3n) is 9.96. The lowest BCUT2D eigenvalue weighted by Crippen LogP contribution is -2.04. The summed E-state index contributed by atoms with van der Waals surface area (Å²) in [5, 5.41) is 0. The van der Waals surface area contributed by atoms with E-state index in [1.54, 1.807) is 0 Å². The summed E-state index contributed by atoms with van der Waals surface area (Å²) in [5.41, 5.74) is 14.8. The van der Waals surface area contributed by atoms with Gasteiger partial charge in [-0.15, -0.1) is 0 Å². The Kier molecular flexibility index (Phi) is 12.1. The lowest BCUT2D eigenvalue weighted by atomic mass is 10.1. The lowest BCUT2D eigenvalue weighted by molar-refractivity contribution is 0.285. The smallest absolute Gasteiger partial charge is 0.120 e. The summed E-state index contributed by atoms with van der Waals surface area (Å²) in [5.74, 6) is 10.8. The van der Waals surface area contributed by atoms with Gasteiger partial charge in [0.1, 0.15) is 49.4 Å². The fourth-order valence-electron chi connectivity index (χ4n) is 7.37. The molecule has 56 heavy (non-hydrogen) atoms. The van der Waals surface area contributed by atoms with Crippen molar-refractivity contribution in [2.45, 2.75) is 72.5 Å². The maximum atomic E-state index is 6.62. The van der Waals surface area contributed by atoms with Crippen molar-refractivity contribution in [2.75, 3.05) is 0 Å². The second-order valence-electron chi connectivity index (χ2n) is 14.7. The molecule has 0 fully saturated rings. The molecule has 6 aromatic rings. The molecule has 0 N–H and O–H groups in total. The number of thioether (sulfide) groups is 4. The van der Waals surface area contributed by atoms with Crippen LogP contribution < -0.4 is 18.9 Å². The third kappa shape index (κ3) is 10.1. The topological polar surface area (TPSA) is 36.9 Å². The minimum absolute atomic E-state index is 0.482. The fraction of sp³-hybridized carbons (Fsp3) is 0.250. The van der Waals surface area contributed by atoms with E-state index >= 15 is 0 Å². The van der Waals surface area contributed by atoms with Crippen LogP contribution in [0.3, 0.4) is 0 Å². The highest BCUT2D eigenvalue weighted by molar-refractivity contribution is 7.98. The van der Waals surface area contributed by atoms with E-state index in [4.69, 9.17) is 18.9 Å². The Labute approximate surface area is 347 Å². The van der Waals surface area contributed by atoms with Gasteiger partial charge in [-0.25, -0.2) is 0 Å². The summed E-state index contributed by atoms with van der Waals surface area (Å²) in [6.45, 7) is 1.96. The molecule has 14 bridgehead atoms. The Balaban J connectivity index is 1.16. The number of ether oxygens (including phenoxy) is 4. The second-order valence-corrected chi connectivity index (χ2v) is 18.6. The van der Waals surface area contributed by atoms with Crippen LogP contribution >= 0.6 is 47.0 Å². The number of hydrogen-bond donors (Lipinski definition) is 0. The van der Waals surface area contributed by atoms with Gasteiger partial charge in [0, 0.05) is 46.0 Å². The van der Waals surface area contributed by atoms with E-state index in [-0.39, 0.29) is 0 Å². The quantitative estimate of drug-likeness (QED) is 0.150. The molecule has 0 unspecified atom stereocenters. The van der Waals surface area contributed by atoms with Crippen LogP contribution in [0.5, 0.6) is 23.0 Å². The minimum atomic E-state index is 0.482. The first kappa shape index (κ1) is 37.5. The van der Waals surface area contributed by atoms with Crippen LogP contribution in [0.25, 0.3) is 0 Å². The summed E-state index contributed by atoms with van der Waals surface area (Å²) in [6, 6.07) is 44.4. The molecule has 10 rings (SSSR count). The molecule has 0 saturated heterocycles. The van der Waals surface area contributed by atoms with Gasteiger partial charge >= 0.3 is 0 Å². The van der Waals surface area contributed by atoms with Gasteiger partial charge in [0.2, 0.25) is 0 Å². The normalized spacial score (nSPS) is 16.0. The summed E-state index contributed by atoms with van der Waals surface area (Å²) in [7, 11) is 0. The van der Waals surface area contributed by atoms with E-state index in [0.29, 0.717) is 26.4 Å². The molecule has 4 aliphatic heterocycles. The van der Waals surface area contributed by atoms with Gasteiger partial charge in [-0.1, -0.05) is 66.7 Å². The summed E-state index contributed by atoms with van der Waals surface area (Å²) < 4.78 is 26.3. The Morgan fingerprint density at radius 1 is 0.268 bits per heavy atom. The van der Waals surface area contributed by atoms with E-state index < -0.39 is 0 Å². The minimum Gasteiger partial charge on any atom is -0.489 e.